The predicted octanol–water partition coefficient (Wildman–Crippen LogP) is 5.15. The second kappa shape index (κ2) is 10.9. The Kier molecular flexibility index (Phi) is 7.44. The van der Waals surface area contributed by atoms with E-state index in [-0.39, 0.29) is 0 Å². The summed E-state index contributed by atoms with van der Waals surface area (Å²) in [6, 6.07) is 39.1. The number of hydrazone groups is 1. The number of hydrogen-bond acceptors (Lipinski definition) is 2. The SMILES string of the molecule is NN=C(c1ccccc1)c1ccccc1.[N-]=[N+]=C(c1ccccc1)c1ccccc1. The standard InChI is InChI=1S/C13H12N2.C13H10N2/c2*14-15-13(11-7-3-1-4-8-11)12-9-5-2-6-10-12/h1-10H,14H2;1-10H. The fourth-order valence-electron chi connectivity index (χ4n) is 2.98. The predicted molar refractivity (Wildman–Crippen MR) is 122 cm³/mol. The molecule has 0 aliphatic rings. The first-order valence-corrected chi connectivity index (χ1v) is 9.55. The van der Waals surface area contributed by atoms with E-state index in [1.54, 1.807) is 0 Å². The molecule has 0 amide bonds. The maximum absolute atomic E-state index is 9.02. The van der Waals surface area contributed by atoms with Crippen molar-refractivity contribution < 1.29 is 4.79 Å². The molecular formula is C26H22N4. The summed E-state index contributed by atoms with van der Waals surface area (Å²) in [5.74, 6) is 5.42. The molecule has 0 spiro atoms. The van der Waals surface area contributed by atoms with E-state index in [1.165, 1.54) is 0 Å². The van der Waals surface area contributed by atoms with E-state index in [1.807, 2.05) is 121 Å². The molecule has 4 heteroatoms. The van der Waals surface area contributed by atoms with E-state index in [4.69, 9.17) is 11.4 Å². The van der Waals surface area contributed by atoms with Crippen LogP contribution in [0.15, 0.2) is 126 Å². The summed E-state index contributed by atoms with van der Waals surface area (Å²) in [5.41, 5.74) is 14.3. The van der Waals surface area contributed by atoms with Gasteiger partial charge in [0, 0.05) is 11.1 Å². The fourth-order valence-corrected chi connectivity index (χ4v) is 2.98. The maximum Gasteiger partial charge on any atom is 0.329 e. The normalized spacial score (nSPS) is 9.47. The van der Waals surface area contributed by atoms with Crippen LogP contribution in [0.2, 0.25) is 0 Å². The van der Waals surface area contributed by atoms with Gasteiger partial charge in [0.2, 0.25) is 0 Å². The van der Waals surface area contributed by atoms with E-state index in [9.17, 15) is 0 Å². The molecule has 0 heterocycles. The zero-order valence-electron chi connectivity index (χ0n) is 16.5. The summed E-state index contributed by atoms with van der Waals surface area (Å²) in [4.78, 5) is 3.35. The number of hydrogen-bond donors (Lipinski definition) is 1. The Hall–Kier alpha value is -4.27. The van der Waals surface area contributed by atoms with E-state index in [0.717, 1.165) is 28.0 Å². The topological polar surface area (TPSA) is 74.8 Å². The quantitative estimate of drug-likeness (QED) is 0.169. The van der Waals surface area contributed by atoms with Crippen molar-refractivity contribution >= 4 is 11.4 Å². The van der Waals surface area contributed by atoms with Crippen LogP contribution < -0.4 is 5.84 Å². The lowest BCUT2D eigenvalue weighted by Gasteiger charge is -2.04. The minimum absolute atomic E-state index is 0.594. The molecule has 30 heavy (non-hydrogen) atoms. The van der Waals surface area contributed by atoms with Gasteiger partial charge in [0.25, 0.3) is 0 Å². The van der Waals surface area contributed by atoms with E-state index in [0.29, 0.717) is 5.71 Å². The average molecular weight is 390 g/mol. The third-order valence-corrected chi connectivity index (χ3v) is 4.42. The number of nitrogens with zero attached hydrogens (tertiary/aromatic N) is 3. The van der Waals surface area contributed by atoms with Gasteiger partial charge < -0.3 is 11.4 Å². The Labute approximate surface area is 176 Å². The van der Waals surface area contributed by atoms with E-state index < -0.39 is 0 Å². The highest BCUT2D eigenvalue weighted by molar-refractivity contribution is 6.12. The Morgan fingerprint density at radius 3 is 1.10 bits per heavy atom. The average Bonchev–Trinajstić information content (AvgIpc) is 2.83. The summed E-state index contributed by atoms with van der Waals surface area (Å²) in [5, 5.41) is 3.85. The van der Waals surface area contributed by atoms with Crippen LogP contribution in [0, 0.1) is 0 Å². The first-order chi connectivity index (χ1) is 14.8. The van der Waals surface area contributed by atoms with Crippen molar-refractivity contribution in [3.05, 3.63) is 149 Å². The van der Waals surface area contributed by atoms with Crippen molar-refractivity contribution in [3.63, 3.8) is 0 Å². The Bertz CT molecular complexity index is 1030. The first-order valence-electron chi connectivity index (χ1n) is 9.55. The van der Waals surface area contributed by atoms with Crippen LogP contribution in [0.1, 0.15) is 22.3 Å². The molecule has 0 bridgehead atoms. The minimum Gasteiger partial charge on any atom is -0.361 e. The van der Waals surface area contributed by atoms with Crippen molar-refractivity contribution in [2.45, 2.75) is 0 Å². The third kappa shape index (κ3) is 5.38. The molecule has 0 atom stereocenters. The summed E-state index contributed by atoms with van der Waals surface area (Å²) < 4.78 is 0. The molecule has 4 rings (SSSR count). The summed E-state index contributed by atoms with van der Waals surface area (Å²) >= 11 is 0. The third-order valence-electron chi connectivity index (χ3n) is 4.42. The Morgan fingerprint density at radius 2 is 0.833 bits per heavy atom. The van der Waals surface area contributed by atoms with Crippen LogP contribution >= 0.6 is 0 Å². The number of rotatable bonds is 4. The fraction of sp³-hybridized carbons (Fsp3) is 0. The minimum atomic E-state index is 0.594. The van der Waals surface area contributed by atoms with Gasteiger partial charge in [0.05, 0.1) is 16.8 Å². The van der Waals surface area contributed by atoms with E-state index in [2.05, 4.69) is 9.89 Å². The molecule has 146 valence electrons. The van der Waals surface area contributed by atoms with Crippen molar-refractivity contribution in [2.24, 2.45) is 10.9 Å². The highest BCUT2D eigenvalue weighted by Crippen LogP contribution is 2.10. The van der Waals surface area contributed by atoms with Gasteiger partial charge in [0.15, 0.2) is 0 Å². The van der Waals surface area contributed by atoms with Gasteiger partial charge in [-0.2, -0.15) is 9.89 Å². The van der Waals surface area contributed by atoms with Gasteiger partial charge in [-0.05, 0) is 24.3 Å². The molecule has 4 nitrogen and oxygen atoms in total. The van der Waals surface area contributed by atoms with Crippen molar-refractivity contribution in [1.29, 1.82) is 0 Å². The lowest BCUT2D eigenvalue weighted by Crippen LogP contribution is -2.05. The Balaban J connectivity index is 0.000000171. The molecule has 0 aromatic heterocycles. The van der Waals surface area contributed by atoms with Crippen molar-refractivity contribution in [1.82, 2.24) is 0 Å². The lowest BCUT2D eigenvalue weighted by molar-refractivity contribution is -0.00279. The van der Waals surface area contributed by atoms with Gasteiger partial charge in [-0.3, -0.25) is 0 Å². The number of benzene rings is 4. The van der Waals surface area contributed by atoms with Crippen LogP contribution in [0.5, 0.6) is 0 Å². The molecule has 0 aliphatic heterocycles. The van der Waals surface area contributed by atoms with Gasteiger partial charge in [-0.15, -0.1) is 0 Å². The second-order valence-electron chi connectivity index (χ2n) is 6.39. The highest BCUT2D eigenvalue weighted by atomic mass is 15.1. The smallest absolute Gasteiger partial charge is 0.329 e. The molecular weight excluding hydrogens is 368 g/mol. The van der Waals surface area contributed by atoms with Crippen molar-refractivity contribution in [2.75, 3.05) is 0 Å². The summed E-state index contributed by atoms with van der Waals surface area (Å²) in [7, 11) is 0. The molecule has 0 unspecified atom stereocenters. The molecule has 0 aliphatic carbocycles. The van der Waals surface area contributed by atoms with Crippen LogP contribution in [0.3, 0.4) is 0 Å². The monoisotopic (exact) mass is 390 g/mol. The largest absolute Gasteiger partial charge is 0.361 e. The molecule has 4 aromatic rings. The summed E-state index contributed by atoms with van der Waals surface area (Å²) in [6.45, 7) is 0. The molecule has 0 saturated heterocycles. The van der Waals surface area contributed by atoms with Crippen LogP contribution in [-0.4, -0.2) is 16.2 Å². The van der Waals surface area contributed by atoms with Gasteiger partial charge >= 0.3 is 5.71 Å². The molecule has 2 N–H and O–H groups in total. The van der Waals surface area contributed by atoms with Crippen LogP contribution in [0.25, 0.3) is 5.53 Å². The van der Waals surface area contributed by atoms with Crippen LogP contribution in [-0.2, 0) is 0 Å². The van der Waals surface area contributed by atoms with E-state index >= 15 is 0 Å². The zero-order valence-corrected chi connectivity index (χ0v) is 16.5. The Morgan fingerprint density at radius 1 is 0.533 bits per heavy atom. The number of nitrogens with two attached hydrogens (primary N) is 1. The molecule has 0 saturated carbocycles. The molecule has 0 fully saturated rings. The van der Waals surface area contributed by atoms with Gasteiger partial charge in [-0.1, -0.05) is 97.1 Å². The zero-order chi connectivity index (χ0) is 21.0. The second-order valence-corrected chi connectivity index (χ2v) is 6.39. The molecule has 4 aromatic carbocycles. The summed E-state index contributed by atoms with van der Waals surface area (Å²) in [6.07, 6.45) is 0. The van der Waals surface area contributed by atoms with Gasteiger partial charge in [0.1, 0.15) is 0 Å². The first kappa shape index (κ1) is 20.5. The highest BCUT2D eigenvalue weighted by Gasteiger charge is 2.13. The van der Waals surface area contributed by atoms with Crippen LogP contribution in [0.4, 0.5) is 0 Å². The maximum atomic E-state index is 9.02. The lowest BCUT2D eigenvalue weighted by atomic mass is 10.0. The molecule has 0 radical (unpaired) electrons. The van der Waals surface area contributed by atoms with Gasteiger partial charge in [-0.25, -0.2) is 0 Å². The van der Waals surface area contributed by atoms with Crippen molar-refractivity contribution in [3.8, 4) is 0 Å².